The second-order valence-electron chi connectivity index (χ2n) is 6.82. The highest BCUT2D eigenvalue weighted by Gasteiger charge is 2.48. The Hall–Kier alpha value is -2.03. The largest absolute Gasteiger partial charge is 0.534 e. The third kappa shape index (κ3) is 8.94. The number of carbonyl (C=O) groups excluding carboxylic acids is 1. The fourth-order valence-corrected chi connectivity index (χ4v) is 2.57. The van der Waals surface area contributed by atoms with Gasteiger partial charge in [-0.2, -0.15) is 21.6 Å². The highest BCUT2D eigenvalue weighted by molar-refractivity contribution is 7.87. The summed E-state index contributed by atoms with van der Waals surface area (Å²) in [5.41, 5.74) is -5.42. The molecule has 9 heteroatoms. The van der Waals surface area contributed by atoms with E-state index in [-0.39, 0.29) is 6.42 Å². The first-order valence-electron chi connectivity index (χ1n) is 8.28. The number of unbranched alkanes of at least 4 members (excludes halogenated alkanes) is 1. The lowest BCUT2D eigenvalue weighted by Crippen LogP contribution is -2.26. The molecule has 152 valence electrons. The van der Waals surface area contributed by atoms with Crippen LogP contribution in [-0.2, 0) is 30.3 Å². The fourth-order valence-electron chi connectivity index (χ4n) is 2.06. The third-order valence-corrected chi connectivity index (χ3v) is 4.17. The number of aryl methyl sites for hydroxylation is 1. The van der Waals surface area contributed by atoms with Gasteiger partial charge >= 0.3 is 21.6 Å². The lowest BCUT2D eigenvalue weighted by Gasteiger charge is -2.19. The van der Waals surface area contributed by atoms with Crippen LogP contribution in [0.3, 0.4) is 0 Å². The minimum atomic E-state index is -5.85. The molecule has 0 unspecified atom stereocenters. The molecule has 0 saturated heterocycles. The van der Waals surface area contributed by atoms with Gasteiger partial charge in [-0.15, -0.1) is 0 Å². The van der Waals surface area contributed by atoms with Crippen LogP contribution in [0.2, 0.25) is 0 Å². The molecule has 0 saturated carbocycles. The minimum absolute atomic E-state index is 0.151. The summed E-state index contributed by atoms with van der Waals surface area (Å²) in [6.07, 6.45) is 2.06. The van der Waals surface area contributed by atoms with Crippen LogP contribution < -0.4 is 0 Å². The summed E-state index contributed by atoms with van der Waals surface area (Å²) in [5.74, 6) is -1.58. The molecular weight excluding hydrogens is 385 g/mol. The van der Waals surface area contributed by atoms with E-state index < -0.39 is 33.0 Å². The monoisotopic (exact) mass is 408 g/mol. The smallest absolute Gasteiger partial charge is 0.457 e. The van der Waals surface area contributed by atoms with Crippen molar-refractivity contribution in [2.75, 3.05) is 0 Å². The number of carbonyl (C=O) groups is 1. The zero-order chi connectivity index (χ0) is 20.7. The molecule has 0 aliphatic heterocycles. The molecule has 0 aliphatic rings. The summed E-state index contributed by atoms with van der Waals surface area (Å²) in [6, 6.07) is 9.40. The topological polar surface area (TPSA) is 69.7 Å². The van der Waals surface area contributed by atoms with Gasteiger partial charge in [0.05, 0.1) is 6.08 Å². The van der Waals surface area contributed by atoms with Gasteiger partial charge in [0.1, 0.15) is 11.4 Å². The molecule has 0 spiro atoms. The molecule has 0 atom stereocenters. The first kappa shape index (κ1) is 23.0. The maximum atomic E-state index is 12.6. The molecule has 0 aromatic heterocycles. The molecule has 1 aromatic rings. The van der Waals surface area contributed by atoms with Gasteiger partial charge in [0.15, 0.2) is 0 Å². The van der Waals surface area contributed by atoms with Gasteiger partial charge < -0.3 is 8.92 Å². The highest BCUT2D eigenvalue weighted by Crippen LogP contribution is 2.28. The van der Waals surface area contributed by atoms with Crippen LogP contribution in [0.4, 0.5) is 13.2 Å². The number of ether oxygens (including phenoxy) is 1. The van der Waals surface area contributed by atoms with Crippen molar-refractivity contribution in [3.63, 3.8) is 0 Å². The molecule has 0 aliphatic carbocycles. The Kier molecular flexibility index (Phi) is 7.89. The maximum Gasteiger partial charge on any atom is 0.534 e. The van der Waals surface area contributed by atoms with Crippen LogP contribution in [0.25, 0.3) is 0 Å². The standard InChI is InChI=1S/C18H23F3O5S/c1-17(2,3)25-16(22)13-15(26-27(23,24)18(19,20)21)12-8-7-11-14-9-5-4-6-10-14/h4-6,9-10,13H,7-8,11-12H2,1-3H3/b15-13-. The van der Waals surface area contributed by atoms with Crippen molar-refractivity contribution in [2.24, 2.45) is 0 Å². The predicted molar refractivity (Wildman–Crippen MR) is 94.0 cm³/mol. The van der Waals surface area contributed by atoms with Crippen LogP contribution in [-0.4, -0.2) is 25.5 Å². The van der Waals surface area contributed by atoms with E-state index in [1.807, 2.05) is 30.3 Å². The Morgan fingerprint density at radius 1 is 1.07 bits per heavy atom. The van der Waals surface area contributed by atoms with Gasteiger partial charge in [0.2, 0.25) is 0 Å². The Bertz CT molecular complexity index is 747. The van der Waals surface area contributed by atoms with Gasteiger partial charge in [-0.1, -0.05) is 30.3 Å². The number of hydrogen-bond acceptors (Lipinski definition) is 5. The van der Waals surface area contributed by atoms with E-state index in [0.29, 0.717) is 25.3 Å². The van der Waals surface area contributed by atoms with Crippen molar-refractivity contribution in [1.29, 1.82) is 0 Å². The number of alkyl halides is 3. The van der Waals surface area contributed by atoms with Gasteiger partial charge in [0.25, 0.3) is 0 Å². The number of hydrogen-bond donors (Lipinski definition) is 0. The molecule has 0 bridgehead atoms. The zero-order valence-corrected chi connectivity index (χ0v) is 16.2. The fraction of sp³-hybridized carbons (Fsp3) is 0.500. The molecule has 0 radical (unpaired) electrons. The van der Waals surface area contributed by atoms with Crippen LogP contribution in [0, 0.1) is 0 Å². The first-order chi connectivity index (χ1) is 12.3. The highest BCUT2D eigenvalue weighted by atomic mass is 32.2. The van der Waals surface area contributed by atoms with Crippen molar-refractivity contribution in [1.82, 2.24) is 0 Å². The van der Waals surface area contributed by atoms with Gasteiger partial charge in [0, 0.05) is 6.42 Å². The maximum absolute atomic E-state index is 12.6. The average molecular weight is 408 g/mol. The van der Waals surface area contributed by atoms with Gasteiger partial charge in [-0.3, -0.25) is 0 Å². The van der Waals surface area contributed by atoms with Crippen molar-refractivity contribution < 1.29 is 35.3 Å². The average Bonchev–Trinajstić information content (AvgIpc) is 2.49. The summed E-state index contributed by atoms with van der Waals surface area (Å²) in [5, 5.41) is 0. The van der Waals surface area contributed by atoms with Crippen molar-refractivity contribution in [3.05, 3.63) is 47.7 Å². The zero-order valence-electron chi connectivity index (χ0n) is 15.4. The van der Waals surface area contributed by atoms with Crippen LogP contribution >= 0.6 is 0 Å². The van der Waals surface area contributed by atoms with Crippen molar-refractivity contribution in [2.45, 2.75) is 57.6 Å². The third-order valence-electron chi connectivity index (χ3n) is 3.17. The summed E-state index contributed by atoms with van der Waals surface area (Å²) in [6.45, 7) is 4.72. The van der Waals surface area contributed by atoms with E-state index in [1.165, 1.54) is 0 Å². The van der Waals surface area contributed by atoms with Gasteiger partial charge in [-0.25, -0.2) is 4.79 Å². The van der Waals surface area contributed by atoms with Crippen LogP contribution in [0.1, 0.15) is 45.6 Å². The quantitative estimate of drug-likeness (QED) is 0.158. The Morgan fingerprint density at radius 2 is 1.67 bits per heavy atom. The number of allylic oxidation sites excluding steroid dienone is 1. The van der Waals surface area contributed by atoms with E-state index in [2.05, 4.69) is 4.18 Å². The number of halogens is 3. The molecule has 0 amide bonds. The lowest BCUT2D eigenvalue weighted by molar-refractivity contribution is -0.148. The molecule has 5 nitrogen and oxygen atoms in total. The number of rotatable bonds is 8. The molecule has 0 N–H and O–H groups in total. The Morgan fingerprint density at radius 3 is 2.19 bits per heavy atom. The molecule has 27 heavy (non-hydrogen) atoms. The summed E-state index contributed by atoms with van der Waals surface area (Å²) >= 11 is 0. The Labute approximate surface area is 157 Å². The summed E-state index contributed by atoms with van der Waals surface area (Å²) < 4.78 is 69.3. The van der Waals surface area contributed by atoms with E-state index in [4.69, 9.17) is 4.74 Å². The molecule has 0 fully saturated rings. The number of benzene rings is 1. The van der Waals surface area contributed by atoms with Crippen LogP contribution in [0.15, 0.2) is 42.2 Å². The normalized spacial score (nSPS) is 13.3. The second kappa shape index (κ2) is 9.25. The molecular formula is C18H23F3O5S. The second-order valence-corrected chi connectivity index (χ2v) is 8.36. The lowest BCUT2D eigenvalue weighted by atomic mass is 10.1. The van der Waals surface area contributed by atoms with Crippen LogP contribution in [0.5, 0.6) is 0 Å². The van der Waals surface area contributed by atoms with E-state index in [1.54, 1.807) is 20.8 Å². The van der Waals surface area contributed by atoms with Crippen molar-refractivity contribution in [3.8, 4) is 0 Å². The van der Waals surface area contributed by atoms with E-state index in [9.17, 15) is 26.4 Å². The molecule has 1 aromatic carbocycles. The first-order valence-corrected chi connectivity index (χ1v) is 9.69. The van der Waals surface area contributed by atoms with Crippen molar-refractivity contribution >= 4 is 16.1 Å². The molecule has 1 rings (SSSR count). The summed E-state index contributed by atoms with van der Waals surface area (Å²) in [7, 11) is -5.85. The summed E-state index contributed by atoms with van der Waals surface area (Å²) in [4.78, 5) is 11.8. The van der Waals surface area contributed by atoms with Gasteiger partial charge in [-0.05, 0) is 45.6 Å². The predicted octanol–water partition coefficient (Wildman–Crippen LogP) is 4.49. The minimum Gasteiger partial charge on any atom is -0.457 e. The number of esters is 1. The Balaban J connectivity index is 2.79. The SMILES string of the molecule is CC(C)(C)OC(=O)/C=C(/CCCCc1ccccc1)OS(=O)(=O)C(F)(F)F. The molecule has 0 heterocycles. The van der Waals surface area contributed by atoms with E-state index >= 15 is 0 Å². The van der Waals surface area contributed by atoms with E-state index in [0.717, 1.165) is 5.56 Å².